The smallest absolute Gasteiger partial charge is 0.158 e. The Hall–Kier alpha value is -0.970. The first-order valence-corrected chi connectivity index (χ1v) is 7.36. The Kier molecular flexibility index (Phi) is 8.42. The molecule has 3 nitrogen and oxygen atoms in total. The van der Waals surface area contributed by atoms with Gasteiger partial charge in [-0.25, -0.2) is 4.39 Å². The molecule has 0 bridgehead atoms. The van der Waals surface area contributed by atoms with E-state index in [1.54, 1.807) is 6.07 Å². The van der Waals surface area contributed by atoms with Crippen LogP contribution in [0.15, 0.2) is 18.2 Å². The second-order valence-corrected chi connectivity index (χ2v) is 4.70. The van der Waals surface area contributed by atoms with Gasteiger partial charge in [-0.1, -0.05) is 6.07 Å². The number of rotatable bonds is 10. The van der Waals surface area contributed by atoms with Gasteiger partial charge in [0.1, 0.15) is 5.82 Å². The maximum atomic E-state index is 13.0. The summed E-state index contributed by atoms with van der Waals surface area (Å²) in [5.74, 6) is -0.171. The topological polar surface area (TPSA) is 30.5 Å². The third-order valence-corrected chi connectivity index (χ3v) is 3.14. The van der Waals surface area contributed by atoms with Crippen LogP contribution in [0.5, 0.6) is 0 Å². The molecule has 114 valence electrons. The standard InChI is InChI=1S/C16H26FNO2/c1-4-19-16(20-5-2)9-11-18-10-8-14-6-7-15(17)12-13(14)3/h6-7,12,16,18H,4-5,8-11H2,1-3H3. The van der Waals surface area contributed by atoms with E-state index in [0.29, 0.717) is 13.2 Å². The third-order valence-electron chi connectivity index (χ3n) is 3.14. The van der Waals surface area contributed by atoms with Gasteiger partial charge in [-0.2, -0.15) is 0 Å². The molecule has 1 aromatic carbocycles. The van der Waals surface area contributed by atoms with Crippen molar-refractivity contribution in [3.63, 3.8) is 0 Å². The largest absolute Gasteiger partial charge is 0.353 e. The molecule has 0 aliphatic rings. The highest BCUT2D eigenvalue weighted by molar-refractivity contribution is 5.26. The van der Waals surface area contributed by atoms with E-state index in [-0.39, 0.29) is 12.1 Å². The van der Waals surface area contributed by atoms with E-state index in [9.17, 15) is 4.39 Å². The summed E-state index contributed by atoms with van der Waals surface area (Å²) < 4.78 is 23.9. The molecule has 0 atom stereocenters. The molecular weight excluding hydrogens is 257 g/mol. The van der Waals surface area contributed by atoms with Gasteiger partial charge in [0.25, 0.3) is 0 Å². The molecule has 0 saturated heterocycles. The number of halogens is 1. The van der Waals surface area contributed by atoms with E-state index in [0.717, 1.165) is 31.5 Å². The van der Waals surface area contributed by atoms with Gasteiger partial charge in [0.05, 0.1) is 0 Å². The van der Waals surface area contributed by atoms with Crippen molar-refractivity contribution in [1.82, 2.24) is 5.32 Å². The van der Waals surface area contributed by atoms with E-state index in [2.05, 4.69) is 5.32 Å². The Labute approximate surface area is 121 Å². The molecule has 0 saturated carbocycles. The molecule has 4 heteroatoms. The lowest BCUT2D eigenvalue weighted by atomic mass is 10.1. The minimum Gasteiger partial charge on any atom is -0.353 e. The number of hydrogen-bond donors (Lipinski definition) is 1. The van der Waals surface area contributed by atoms with Crippen LogP contribution >= 0.6 is 0 Å². The summed E-state index contributed by atoms with van der Waals surface area (Å²) in [6.45, 7) is 8.94. The molecule has 1 rings (SSSR count). The van der Waals surface area contributed by atoms with Crippen molar-refractivity contribution in [2.24, 2.45) is 0 Å². The predicted molar refractivity (Wildman–Crippen MR) is 79.4 cm³/mol. The monoisotopic (exact) mass is 283 g/mol. The van der Waals surface area contributed by atoms with Gasteiger partial charge < -0.3 is 14.8 Å². The number of benzene rings is 1. The highest BCUT2D eigenvalue weighted by Gasteiger charge is 2.06. The number of aryl methyl sites for hydroxylation is 1. The Morgan fingerprint density at radius 2 is 1.85 bits per heavy atom. The van der Waals surface area contributed by atoms with Crippen LogP contribution < -0.4 is 5.32 Å². The normalized spacial score (nSPS) is 11.2. The quantitative estimate of drug-likeness (QED) is 0.529. The van der Waals surface area contributed by atoms with Gasteiger partial charge in [-0.15, -0.1) is 0 Å². The average Bonchev–Trinajstić information content (AvgIpc) is 2.41. The lowest BCUT2D eigenvalue weighted by Crippen LogP contribution is -2.26. The van der Waals surface area contributed by atoms with Crippen LogP contribution in [0.3, 0.4) is 0 Å². The first kappa shape index (κ1) is 17.1. The fourth-order valence-corrected chi connectivity index (χ4v) is 2.09. The van der Waals surface area contributed by atoms with Gasteiger partial charge in [0.15, 0.2) is 6.29 Å². The van der Waals surface area contributed by atoms with Gasteiger partial charge in [-0.05, 0) is 63.5 Å². The molecule has 0 spiro atoms. The fourth-order valence-electron chi connectivity index (χ4n) is 2.09. The number of nitrogens with one attached hydrogen (secondary N) is 1. The van der Waals surface area contributed by atoms with Crippen LogP contribution in [0.1, 0.15) is 31.4 Å². The zero-order chi connectivity index (χ0) is 14.8. The van der Waals surface area contributed by atoms with Crippen LogP contribution in [0.4, 0.5) is 4.39 Å². The summed E-state index contributed by atoms with van der Waals surface area (Å²) in [5.41, 5.74) is 2.19. The summed E-state index contributed by atoms with van der Waals surface area (Å²) in [4.78, 5) is 0. The van der Waals surface area contributed by atoms with Gasteiger partial charge in [0, 0.05) is 19.6 Å². The van der Waals surface area contributed by atoms with Crippen LogP contribution in [0.2, 0.25) is 0 Å². The van der Waals surface area contributed by atoms with Crippen LogP contribution in [-0.4, -0.2) is 32.6 Å². The Morgan fingerprint density at radius 3 is 2.45 bits per heavy atom. The van der Waals surface area contributed by atoms with E-state index >= 15 is 0 Å². The molecule has 0 heterocycles. The Bertz CT molecular complexity index is 379. The lowest BCUT2D eigenvalue weighted by Gasteiger charge is -2.17. The lowest BCUT2D eigenvalue weighted by molar-refractivity contribution is -0.138. The maximum Gasteiger partial charge on any atom is 0.158 e. The molecule has 1 N–H and O–H groups in total. The van der Waals surface area contributed by atoms with Crippen LogP contribution in [-0.2, 0) is 15.9 Å². The van der Waals surface area contributed by atoms with E-state index in [1.807, 2.05) is 26.8 Å². The summed E-state index contributed by atoms with van der Waals surface area (Å²) in [6, 6.07) is 4.95. The average molecular weight is 283 g/mol. The second-order valence-electron chi connectivity index (χ2n) is 4.70. The first-order chi connectivity index (χ1) is 9.67. The second kappa shape index (κ2) is 9.86. The molecule has 20 heavy (non-hydrogen) atoms. The molecule has 0 amide bonds. The third kappa shape index (κ3) is 6.46. The molecule has 0 fully saturated rings. The van der Waals surface area contributed by atoms with Gasteiger partial charge >= 0.3 is 0 Å². The first-order valence-electron chi connectivity index (χ1n) is 7.36. The summed E-state index contributed by atoms with van der Waals surface area (Å²) in [7, 11) is 0. The SMILES string of the molecule is CCOC(CCNCCc1ccc(F)cc1C)OCC. The summed E-state index contributed by atoms with van der Waals surface area (Å²) >= 11 is 0. The predicted octanol–water partition coefficient (Wildman–Crippen LogP) is 3.06. The molecule has 1 aromatic rings. The minimum absolute atomic E-state index is 0.120. The van der Waals surface area contributed by atoms with Crippen molar-refractivity contribution < 1.29 is 13.9 Å². The zero-order valence-corrected chi connectivity index (χ0v) is 12.7. The van der Waals surface area contributed by atoms with Crippen molar-refractivity contribution >= 4 is 0 Å². The van der Waals surface area contributed by atoms with E-state index in [1.165, 1.54) is 11.6 Å². The van der Waals surface area contributed by atoms with Crippen molar-refractivity contribution in [1.29, 1.82) is 0 Å². The van der Waals surface area contributed by atoms with E-state index < -0.39 is 0 Å². The van der Waals surface area contributed by atoms with Crippen LogP contribution in [0, 0.1) is 12.7 Å². The molecule has 0 aliphatic carbocycles. The van der Waals surface area contributed by atoms with E-state index in [4.69, 9.17) is 9.47 Å². The van der Waals surface area contributed by atoms with Crippen molar-refractivity contribution in [2.75, 3.05) is 26.3 Å². The Balaban J connectivity index is 2.20. The maximum absolute atomic E-state index is 13.0. The molecule has 0 aromatic heterocycles. The van der Waals surface area contributed by atoms with Crippen molar-refractivity contribution in [2.45, 2.75) is 39.9 Å². The molecule has 0 aliphatic heterocycles. The zero-order valence-electron chi connectivity index (χ0n) is 12.7. The van der Waals surface area contributed by atoms with Gasteiger partial charge in [-0.3, -0.25) is 0 Å². The number of ether oxygens (including phenoxy) is 2. The molecular formula is C16H26FNO2. The highest BCUT2D eigenvalue weighted by atomic mass is 19.1. The fraction of sp³-hybridized carbons (Fsp3) is 0.625. The highest BCUT2D eigenvalue weighted by Crippen LogP contribution is 2.10. The number of hydrogen-bond acceptors (Lipinski definition) is 3. The van der Waals surface area contributed by atoms with Crippen molar-refractivity contribution in [3.05, 3.63) is 35.1 Å². The molecule has 0 radical (unpaired) electrons. The Morgan fingerprint density at radius 1 is 1.15 bits per heavy atom. The minimum atomic E-state index is -0.171. The molecule has 0 unspecified atom stereocenters. The summed E-state index contributed by atoms with van der Waals surface area (Å²) in [5, 5.41) is 3.37. The van der Waals surface area contributed by atoms with Crippen LogP contribution in [0.25, 0.3) is 0 Å². The van der Waals surface area contributed by atoms with Crippen molar-refractivity contribution in [3.8, 4) is 0 Å². The van der Waals surface area contributed by atoms with Gasteiger partial charge in [0.2, 0.25) is 0 Å². The summed E-state index contributed by atoms with van der Waals surface area (Å²) in [6.07, 6.45) is 1.62.